The molecule has 1 heterocycles. The van der Waals surface area contributed by atoms with Crippen molar-refractivity contribution in [1.29, 1.82) is 0 Å². The molecule has 0 radical (unpaired) electrons. The molecular formula is C19H23BrClNO2. The number of hydrogen-bond acceptors (Lipinski definition) is 3. The predicted octanol–water partition coefficient (Wildman–Crippen LogP) is 4.75. The van der Waals surface area contributed by atoms with Gasteiger partial charge in [-0.15, -0.1) is 17.0 Å². The van der Waals surface area contributed by atoms with Gasteiger partial charge in [-0.25, -0.2) is 0 Å². The maximum Gasteiger partial charge on any atom is 0.157 e. The largest absolute Gasteiger partial charge is 0.504 e. The van der Waals surface area contributed by atoms with E-state index in [0.29, 0.717) is 5.92 Å². The second-order valence-corrected chi connectivity index (χ2v) is 6.68. The van der Waals surface area contributed by atoms with Gasteiger partial charge < -0.3 is 15.1 Å². The molecule has 1 saturated heterocycles. The molecule has 0 atom stereocenters. The van der Waals surface area contributed by atoms with Gasteiger partial charge in [0.25, 0.3) is 0 Å². The van der Waals surface area contributed by atoms with E-state index >= 15 is 0 Å². The predicted molar refractivity (Wildman–Crippen MR) is 104 cm³/mol. The molecule has 0 aliphatic carbocycles. The van der Waals surface area contributed by atoms with Crippen molar-refractivity contribution < 1.29 is 10.2 Å². The Kier molecular flexibility index (Phi) is 6.96. The molecule has 0 spiro atoms. The van der Waals surface area contributed by atoms with Crippen molar-refractivity contribution in [1.82, 2.24) is 4.90 Å². The van der Waals surface area contributed by atoms with Gasteiger partial charge in [-0.3, -0.25) is 0 Å². The van der Waals surface area contributed by atoms with E-state index in [-0.39, 0.29) is 28.5 Å². The van der Waals surface area contributed by atoms with Gasteiger partial charge in [-0.2, -0.15) is 0 Å². The van der Waals surface area contributed by atoms with Crippen molar-refractivity contribution in [2.75, 3.05) is 19.6 Å². The Bertz CT molecular complexity index is 655. The summed E-state index contributed by atoms with van der Waals surface area (Å²) in [5.41, 5.74) is 2.44. The highest BCUT2D eigenvalue weighted by Crippen LogP contribution is 2.29. The number of nitrogens with zero attached hydrogens (tertiary/aromatic N) is 1. The fourth-order valence-electron chi connectivity index (χ4n) is 3.24. The number of benzene rings is 2. The summed E-state index contributed by atoms with van der Waals surface area (Å²) >= 11 is 5.95. The first kappa shape index (κ1) is 19.1. The highest BCUT2D eigenvalue weighted by atomic mass is 79.9. The van der Waals surface area contributed by atoms with E-state index in [9.17, 15) is 10.2 Å². The number of phenols is 2. The normalized spacial score (nSPS) is 15.9. The monoisotopic (exact) mass is 411 g/mol. The molecule has 0 aromatic heterocycles. The number of hydrogen-bond donors (Lipinski definition) is 2. The molecule has 0 amide bonds. The Morgan fingerprint density at radius 2 is 1.62 bits per heavy atom. The van der Waals surface area contributed by atoms with Gasteiger partial charge in [-0.1, -0.05) is 29.8 Å². The number of rotatable bonds is 4. The molecule has 1 fully saturated rings. The summed E-state index contributed by atoms with van der Waals surface area (Å²) in [6.07, 6.45) is 3.23. The molecule has 5 heteroatoms. The maximum absolute atomic E-state index is 9.54. The minimum absolute atomic E-state index is 0. The Balaban J connectivity index is 0.00000208. The average Bonchev–Trinajstić information content (AvgIpc) is 2.57. The zero-order valence-corrected chi connectivity index (χ0v) is 16.0. The Hall–Kier alpha value is -1.23. The topological polar surface area (TPSA) is 43.7 Å². The first-order valence-corrected chi connectivity index (χ1v) is 8.48. The first-order chi connectivity index (χ1) is 11.1. The van der Waals surface area contributed by atoms with Crippen molar-refractivity contribution >= 4 is 28.6 Å². The van der Waals surface area contributed by atoms with Crippen LogP contribution in [0.1, 0.15) is 29.9 Å². The summed E-state index contributed by atoms with van der Waals surface area (Å²) in [7, 11) is 0. The van der Waals surface area contributed by atoms with Crippen LogP contribution in [0.4, 0.5) is 0 Å². The van der Waals surface area contributed by atoms with Gasteiger partial charge in [0, 0.05) is 11.6 Å². The number of aromatic hydroxyl groups is 2. The molecule has 24 heavy (non-hydrogen) atoms. The Morgan fingerprint density at radius 3 is 2.25 bits per heavy atom. The van der Waals surface area contributed by atoms with Crippen LogP contribution in [0.25, 0.3) is 0 Å². The molecule has 2 aromatic carbocycles. The second-order valence-electron chi connectivity index (χ2n) is 6.24. The molecule has 3 nitrogen and oxygen atoms in total. The number of phenolic OH excluding ortho intramolecular Hbond substituents is 2. The van der Waals surface area contributed by atoms with Crippen LogP contribution in [0.2, 0.25) is 5.02 Å². The molecule has 1 aliphatic rings. The average molecular weight is 413 g/mol. The van der Waals surface area contributed by atoms with Gasteiger partial charge >= 0.3 is 0 Å². The SMILES string of the molecule is Br.Oc1ccc(CCN2CCC(c3ccc(Cl)cc3)CC2)cc1O. The van der Waals surface area contributed by atoms with Crippen molar-refractivity contribution in [3.63, 3.8) is 0 Å². The smallest absolute Gasteiger partial charge is 0.157 e. The number of piperidine rings is 1. The highest BCUT2D eigenvalue weighted by Gasteiger charge is 2.20. The minimum atomic E-state index is -0.0578. The quantitative estimate of drug-likeness (QED) is 0.712. The third-order valence-corrected chi connectivity index (χ3v) is 4.94. The van der Waals surface area contributed by atoms with Gasteiger partial charge in [0.1, 0.15) is 0 Å². The van der Waals surface area contributed by atoms with Gasteiger partial charge in [0.2, 0.25) is 0 Å². The van der Waals surface area contributed by atoms with Crippen LogP contribution < -0.4 is 0 Å². The van der Waals surface area contributed by atoms with Crippen molar-refractivity contribution in [2.45, 2.75) is 25.2 Å². The lowest BCUT2D eigenvalue weighted by Crippen LogP contribution is -2.34. The van der Waals surface area contributed by atoms with Crippen LogP contribution in [-0.2, 0) is 6.42 Å². The van der Waals surface area contributed by atoms with E-state index in [2.05, 4.69) is 17.0 Å². The molecular weight excluding hydrogens is 390 g/mol. The molecule has 2 aromatic rings. The lowest BCUT2D eigenvalue weighted by atomic mass is 9.89. The van der Waals surface area contributed by atoms with Crippen molar-refractivity contribution in [2.24, 2.45) is 0 Å². The van der Waals surface area contributed by atoms with E-state index in [0.717, 1.165) is 36.6 Å². The van der Waals surface area contributed by atoms with E-state index in [4.69, 9.17) is 11.6 Å². The van der Waals surface area contributed by atoms with Crippen LogP contribution >= 0.6 is 28.6 Å². The minimum Gasteiger partial charge on any atom is -0.504 e. The summed E-state index contributed by atoms with van der Waals surface area (Å²) in [5.74, 6) is 0.530. The van der Waals surface area contributed by atoms with Crippen LogP contribution in [0.15, 0.2) is 42.5 Å². The fraction of sp³-hybridized carbons (Fsp3) is 0.368. The summed E-state index contributed by atoms with van der Waals surface area (Å²) in [6, 6.07) is 13.3. The lowest BCUT2D eigenvalue weighted by Gasteiger charge is -2.32. The van der Waals surface area contributed by atoms with Crippen LogP contribution in [0.3, 0.4) is 0 Å². The maximum atomic E-state index is 9.54. The van der Waals surface area contributed by atoms with E-state index in [1.165, 1.54) is 18.4 Å². The molecule has 2 N–H and O–H groups in total. The Labute approximate surface area is 158 Å². The molecule has 0 bridgehead atoms. The summed E-state index contributed by atoms with van der Waals surface area (Å²) in [5, 5.41) is 19.7. The van der Waals surface area contributed by atoms with E-state index in [1.807, 2.05) is 18.2 Å². The van der Waals surface area contributed by atoms with E-state index < -0.39 is 0 Å². The third kappa shape index (κ3) is 4.88. The fourth-order valence-corrected chi connectivity index (χ4v) is 3.36. The zero-order chi connectivity index (χ0) is 16.2. The Morgan fingerprint density at radius 1 is 0.958 bits per heavy atom. The summed E-state index contributed by atoms with van der Waals surface area (Å²) < 4.78 is 0. The van der Waals surface area contributed by atoms with E-state index in [1.54, 1.807) is 12.1 Å². The van der Waals surface area contributed by atoms with Crippen LogP contribution in [0.5, 0.6) is 11.5 Å². The summed E-state index contributed by atoms with van der Waals surface area (Å²) in [4.78, 5) is 2.47. The zero-order valence-electron chi connectivity index (χ0n) is 13.5. The van der Waals surface area contributed by atoms with Crippen molar-refractivity contribution in [3.8, 4) is 11.5 Å². The standard InChI is InChI=1S/C19H22ClNO2.BrH/c20-17-4-2-15(3-5-17)16-8-11-21(12-9-16)10-7-14-1-6-18(22)19(23)13-14;/h1-6,13,16,22-23H,7-12H2;1H. The lowest BCUT2D eigenvalue weighted by molar-refractivity contribution is 0.214. The van der Waals surface area contributed by atoms with Crippen LogP contribution in [-0.4, -0.2) is 34.7 Å². The molecule has 3 rings (SSSR count). The van der Waals surface area contributed by atoms with Gasteiger partial charge in [0.05, 0.1) is 0 Å². The van der Waals surface area contributed by atoms with Gasteiger partial charge in [0.15, 0.2) is 11.5 Å². The second kappa shape index (κ2) is 8.75. The third-order valence-electron chi connectivity index (χ3n) is 4.69. The molecule has 130 valence electrons. The molecule has 0 saturated carbocycles. The molecule has 1 aliphatic heterocycles. The molecule has 0 unspecified atom stereocenters. The van der Waals surface area contributed by atoms with Crippen LogP contribution in [0, 0.1) is 0 Å². The van der Waals surface area contributed by atoms with Gasteiger partial charge in [-0.05, 0) is 73.7 Å². The first-order valence-electron chi connectivity index (χ1n) is 8.10. The number of halogens is 2. The number of likely N-dealkylation sites (tertiary alicyclic amines) is 1. The summed E-state index contributed by atoms with van der Waals surface area (Å²) in [6.45, 7) is 3.17. The highest BCUT2D eigenvalue weighted by molar-refractivity contribution is 8.93. The van der Waals surface area contributed by atoms with Crippen molar-refractivity contribution in [3.05, 3.63) is 58.6 Å².